The predicted octanol–water partition coefficient (Wildman–Crippen LogP) is 3.62. The summed E-state index contributed by atoms with van der Waals surface area (Å²) >= 11 is 5.66. The van der Waals surface area contributed by atoms with E-state index in [1.807, 2.05) is 0 Å². The number of nitrogens with one attached hydrogen (secondary N) is 1. The van der Waals surface area contributed by atoms with Gasteiger partial charge in [-0.1, -0.05) is 11.6 Å². The monoisotopic (exact) mass is 386 g/mol. The number of halogens is 4. The molecule has 1 saturated heterocycles. The van der Waals surface area contributed by atoms with Gasteiger partial charge in [0.2, 0.25) is 11.8 Å². The lowest BCUT2D eigenvalue weighted by molar-refractivity contribution is -0.137. The van der Waals surface area contributed by atoms with Crippen LogP contribution >= 0.6 is 11.6 Å². The van der Waals surface area contributed by atoms with Crippen molar-refractivity contribution in [2.24, 2.45) is 5.92 Å². The molecule has 1 atom stereocenters. The minimum Gasteiger partial charge on any atom is -0.467 e. The highest BCUT2D eigenvalue weighted by Gasteiger charge is 2.41. The van der Waals surface area contributed by atoms with Gasteiger partial charge in [-0.15, -0.1) is 0 Å². The van der Waals surface area contributed by atoms with Crippen molar-refractivity contribution in [3.05, 3.63) is 52.9 Å². The number of nitrogens with zero attached hydrogens (tertiary/aromatic N) is 1. The molecule has 9 heteroatoms. The van der Waals surface area contributed by atoms with Crippen molar-refractivity contribution in [2.45, 2.75) is 19.1 Å². The van der Waals surface area contributed by atoms with Crippen LogP contribution < -0.4 is 10.2 Å². The average Bonchev–Trinajstić information content (AvgIpc) is 3.21. The summed E-state index contributed by atoms with van der Waals surface area (Å²) < 4.78 is 44.9. The molecule has 0 radical (unpaired) electrons. The summed E-state index contributed by atoms with van der Waals surface area (Å²) in [5.74, 6) is -1.17. The predicted molar refractivity (Wildman–Crippen MR) is 87.5 cm³/mol. The van der Waals surface area contributed by atoms with Crippen molar-refractivity contribution >= 4 is 29.1 Å². The second-order valence-corrected chi connectivity index (χ2v) is 6.30. The zero-order chi connectivity index (χ0) is 18.9. The Balaban J connectivity index is 1.75. The number of amides is 2. The van der Waals surface area contributed by atoms with Gasteiger partial charge in [0.25, 0.3) is 0 Å². The topological polar surface area (TPSA) is 62.6 Å². The molecule has 1 aliphatic rings. The zero-order valence-corrected chi connectivity index (χ0v) is 14.1. The van der Waals surface area contributed by atoms with Crippen LogP contribution in [0.2, 0.25) is 5.02 Å². The van der Waals surface area contributed by atoms with Gasteiger partial charge in [0, 0.05) is 18.0 Å². The number of benzene rings is 1. The molecule has 1 aliphatic heterocycles. The van der Waals surface area contributed by atoms with E-state index in [4.69, 9.17) is 16.0 Å². The van der Waals surface area contributed by atoms with Crippen LogP contribution in [0.4, 0.5) is 18.9 Å². The molecule has 2 heterocycles. The summed E-state index contributed by atoms with van der Waals surface area (Å²) in [7, 11) is 0. The van der Waals surface area contributed by atoms with Crippen LogP contribution in [0.3, 0.4) is 0 Å². The Labute approximate surface area is 151 Å². The number of carbonyl (C=O) groups is 2. The van der Waals surface area contributed by atoms with Crippen molar-refractivity contribution in [2.75, 3.05) is 11.4 Å². The Bertz CT molecular complexity index is 821. The Morgan fingerprint density at radius 2 is 2.12 bits per heavy atom. The Morgan fingerprint density at radius 1 is 1.35 bits per heavy atom. The lowest BCUT2D eigenvalue weighted by atomic mass is 10.1. The minimum absolute atomic E-state index is 0.0829. The van der Waals surface area contributed by atoms with Gasteiger partial charge in [-0.25, -0.2) is 0 Å². The van der Waals surface area contributed by atoms with Crippen molar-refractivity contribution < 1.29 is 27.2 Å². The summed E-state index contributed by atoms with van der Waals surface area (Å²) in [6, 6.07) is 6.54. The van der Waals surface area contributed by atoms with Crippen molar-refractivity contribution in [1.29, 1.82) is 0 Å². The summed E-state index contributed by atoms with van der Waals surface area (Å²) in [4.78, 5) is 25.4. The average molecular weight is 387 g/mol. The molecule has 1 fully saturated rings. The van der Waals surface area contributed by atoms with E-state index >= 15 is 0 Å². The highest BCUT2D eigenvalue weighted by Crippen LogP contribution is 2.40. The van der Waals surface area contributed by atoms with E-state index in [1.54, 1.807) is 12.1 Å². The van der Waals surface area contributed by atoms with E-state index in [0.29, 0.717) is 5.76 Å². The van der Waals surface area contributed by atoms with Gasteiger partial charge in [-0.3, -0.25) is 9.59 Å². The highest BCUT2D eigenvalue weighted by atomic mass is 35.5. The number of rotatable bonds is 4. The smallest absolute Gasteiger partial charge is 0.418 e. The molecule has 2 aromatic rings. The molecule has 1 unspecified atom stereocenters. The maximum Gasteiger partial charge on any atom is 0.418 e. The van der Waals surface area contributed by atoms with E-state index in [2.05, 4.69) is 5.32 Å². The number of hydrogen-bond donors (Lipinski definition) is 1. The molecular weight excluding hydrogens is 373 g/mol. The maximum absolute atomic E-state index is 13.3. The normalized spacial score (nSPS) is 17.6. The quantitative estimate of drug-likeness (QED) is 0.873. The molecule has 1 N–H and O–H groups in total. The van der Waals surface area contributed by atoms with Crippen LogP contribution in [0, 0.1) is 5.92 Å². The third kappa shape index (κ3) is 3.85. The van der Waals surface area contributed by atoms with Gasteiger partial charge in [-0.2, -0.15) is 13.2 Å². The van der Waals surface area contributed by atoms with Crippen LogP contribution in [-0.2, 0) is 22.3 Å². The number of hydrogen-bond acceptors (Lipinski definition) is 3. The Kier molecular flexibility index (Phi) is 4.95. The van der Waals surface area contributed by atoms with Crippen LogP contribution in [-0.4, -0.2) is 18.4 Å². The molecule has 0 saturated carbocycles. The molecule has 0 aliphatic carbocycles. The SMILES string of the molecule is O=C(NCc1ccco1)C1CC(=O)N(c2ccc(Cl)cc2C(F)(F)F)C1. The molecule has 1 aromatic carbocycles. The lowest BCUT2D eigenvalue weighted by Crippen LogP contribution is -2.33. The van der Waals surface area contributed by atoms with Gasteiger partial charge >= 0.3 is 6.18 Å². The fourth-order valence-corrected chi connectivity index (χ4v) is 2.99. The van der Waals surface area contributed by atoms with E-state index in [9.17, 15) is 22.8 Å². The fraction of sp³-hybridized carbons (Fsp3) is 0.294. The standard InChI is InChI=1S/C17H14ClF3N2O3/c18-11-3-4-14(13(7-11)17(19,20)21)23-9-10(6-15(23)24)16(25)22-8-12-2-1-5-26-12/h1-5,7,10H,6,8-9H2,(H,22,25). The third-order valence-electron chi connectivity index (χ3n) is 4.07. The van der Waals surface area contributed by atoms with E-state index in [0.717, 1.165) is 17.0 Å². The van der Waals surface area contributed by atoms with Gasteiger partial charge < -0.3 is 14.6 Å². The molecule has 138 valence electrons. The van der Waals surface area contributed by atoms with Crippen LogP contribution in [0.5, 0.6) is 0 Å². The van der Waals surface area contributed by atoms with Crippen molar-refractivity contribution in [1.82, 2.24) is 5.32 Å². The summed E-state index contributed by atoms with van der Waals surface area (Å²) in [5, 5.41) is 2.54. The maximum atomic E-state index is 13.3. The Morgan fingerprint density at radius 3 is 2.77 bits per heavy atom. The first-order valence-corrected chi connectivity index (χ1v) is 8.10. The second-order valence-electron chi connectivity index (χ2n) is 5.86. The minimum atomic E-state index is -4.67. The van der Waals surface area contributed by atoms with E-state index in [1.165, 1.54) is 12.3 Å². The molecule has 0 spiro atoms. The molecular formula is C17H14ClF3N2O3. The number of anilines is 1. The molecule has 26 heavy (non-hydrogen) atoms. The molecule has 3 rings (SSSR count). The first-order chi connectivity index (χ1) is 12.3. The highest BCUT2D eigenvalue weighted by molar-refractivity contribution is 6.30. The Hall–Kier alpha value is -2.48. The van der Waals surface area contributed by atoms with E-state index in [-0.39, 0.29) is 30.2 Å². The van der Waals surface area contributed by atoms with Crippen LogP contribution in [0.25, 0.3) is 0 Å². The first kappa shape index (κ1) is 18.3. The largest absolute Gasteiger partial charge is 0.467 e. The van der Waals surface area contributed by atoms with E-state index < -0.39 is 29.5 Å². The van der Waals surface area contributed by atoms with Gasteiger partial charge in [0.05, 0.1) is 30.0 Å². The summed E-state index contributed by atoms with van der Waals surface area (Å²) in [5.41, 5.74) is -1.30. The number of alkyl halides is 3. The van der Waals surface area contributed by atoms with Gasteiger partial charge in [-0.05, 0) is 30.3 Å². The zero-order valence-electron chi connectivity index (χ0n) is 13.3. The van der Waals surface area contributed by atoms with Gasteiger partial charge in [0.15, 0.2) is 0 Å². The molecule has 1 aromatic heterocycles. The summed E-state index contributed by atoms with van der Waals surface area (Å²) in [6.07, 6.45) is -3.37. The van der Waals surface area contributed by atoms with Crippen LogP contribution in [0.15, 0.2) is 41.0 Å². The number of furan rings is 1. The van der Waals surface area contributed by atoms with Crippen molar-refractivity contribution in [3.8, 4) is 0 Å². The lowest BCUT2D eigenvalue weighted by Gasteiger charge is -2.22. The molecule has 5 nitrogen and oxygen atoms in total. The second kappa shape index (κ2) is 7.03. The van der Waals surface area contributed by atoms with Gasteiger partial charge in [0.1, 0.15) is 5.76 Å². The fourth-order valence-electron chi connectivity index (χ4n) is 2.82. The summed E-state index contributed by atoms with van der Waals surface area (Å²) in [6.45, 7) is 0.0127. The third-order valence-corrected chi connectivity index (χ3v) is 4.30. The first-order valence-electron chi connectivity index (χ1n) is 7.73. The molecule has 2 amide bonds. The van der Waals surface area contributed by atoms with Crippen molar-refractivity contribution in [3.63, 3.8) is 0 Å². The van der Waals surface area contributed by atoms with Crippen LogP contribution in [0.1, 0.15) is 17.7 Å². The molecule has 0 bridgehead atoms. The number of carbonyl (C=O) groups excluding carboxylic acids is 2.